The van der Waals surface area contributed by atoms with Crippen LogP contribution in [0.1, 0.15) is 136 Å². The molecule has 59 heavy (non-hydrogen) atoms. The summed E-state index contributed by atoms with van der Waals surface area (Å²) in [5.74, 6) is -0.269. The van der Waals surface area contributed by atoms with Crippen LogP contribution in [0.4, 0.5) is 0 Å². The summed E-state index contributed by atoms with van der Waals surface area (Å²) in [6.45, 7) is 2.65. The summed E-state index contributed by atoms with van der Waals surface area (Å²) >= 11 is 0. The molecule has 2 heterocycles. The summed E-state index contributed by atoms with van der Waals surface area (Å²) in [4.78, 5) is 13.1. The lowest BCUT2D eigenvalue weighted by Crippen LogP contribution is -2.65. The standard InChI is InChI=1S/C45H79NO13/c1-3-5-7-9-11-13-15-16-17-18-19-21-23-25-27-29-37(50)46-33(34(49)28-26-24-22-20-14-12-10-8-6-4-2)32-56-44-42(55)40(53)43(36(31-48)58-44)59-45-41(54)39(52)38(51)35(30-47)57-45/h11,13-14,16-17,20,26,28,33-36,38-45,47-49,51-55H,3-10,12,15,18-19,21-25,27,29-32H2,1-2H3,(H,46,50)/b13-11-,17-16-,20-14+,28-26+. The zero-order valence-corrected chi connectivity index (χ0v) is 35.7. The van der Waals surface area contributed by atoms with Crippen LogP contribution in [0.2, 0.25) is 0 Å². The van der Waals surface area contributed by atoms with Crippen LogP contribution in [0, 0.1) is 0 Å². The van der Waals surface area contributed by atoms with Gasteiger partial charge >= 0.3 is 0 Å². The molecular weight excluding hydrogens is 762 g/mol. The molecule has 14 nitrogen and oxygen atoms in total. The van der Waals surface area contributed by atoms with Crippen LogP contribution in [-0.4, -0.2) is 140 Å². The molecule has 12 atom stereocenters. The summed E-state index contributed by atoms with van der Waals surface area (Å²) < 4.78 is 22.6. The van der Waals surface area contributed by atoms with Crippen molar-refractivity contribution in [3.8, 4) is 0 Å². The molecule has 9 N–H and O–H groups in total. The second kappa shape index (κ2) is 32.6. The van der Waals surface area contributed by atoms with Crippen molar-refractivity contribution in [3.05, 3.63) is 48.6 Å². The summed E-state index contributed by atoms with van der Waals surface area (Å²) in [7, 11) is 0. The zero-order chi connectivity index (χ0) is 43.3. The fourth-order valence-corrected chi connectivity index (χ4v) is 6.98. The van der Waals surface area contributed by atoms with Gasteiger partial charge in [-0.15, -0.1) is 0 Å². The van der Waals surface area contributed by atoms with Crippen LogP contribution in [0.25, 0.3) is 0 Å². The first-order valence-corrected chi connectivity index (χ1v) is 22.4. The molecule has 0 aromatic heterocycles. The highest BCUT2D eigenvalue weighted by atomic mass is 16.7. The van der Waals surface area contributed by atoms with E-state index in [2.05, 4.69) is 55.6 Å². The quantitative estimate of drug-likeness (QED) is 0.0343. The molecule has 1 amide bonds. The molecule has 14 heteroatoms. The minimum atomic E-state index is -1.79. The first-order chi connectivity index (χ1) is 28.6. The normalized spacial score (nSPS) is 29.0. The number of allylic oxidation sites excluding steroid dienone is 7. The Bertz CT molecular complexity index is 1180. The number of carbonyl (C=O) groups is 1. The molecule has 0 aromatic carbocycles. The number of hydrogen-bond acceptors (Lipinski definition) is 13. The van der Waals surface area contributed by atoms with Gasteiger partial charge in [0.1, 0.15) is 48.8 Å². The molecule has 342 valence electrons. The molecule has 2 aliphatic heterocycles. The monoisotopic (exact) mass is 842 g/mol. The van der Waals surface area contributed by atoms with Gasteiger partial charge in [-0.1, -0.05) is 114 Å². The molecule has 2 saturated heterocycles. The van der Waals surface area contributed by atoms with E-state index in [0.29, 0.717) is 12.8 Å². The SMILES string of the molecule is CCCCC/C=C\C/C=C\CCCCCCCC(=O)NC(COC1OC(CO)C(OC2OC(CO)C(O)C(O)C2O)C(O)C1O)C(O)/C=C/CC/C=C/CCCCCC. The molecule has 2 rings (SSSR count). The molecule has 0 aromatic rings. The number of aliphatic hydroxyl groups is 8. The van der Waals surface area contributed by atoms with Gasteiger partial charge in [0, 0.05) is 6.42 Å². The number of hydrogen-bond donors (Lipinski definition) is 9. The predicted octanol–water partition coefficient (Wildman–Crippen LogP) is 4.15. The predicted molar refractivity (Wildman–Crippen MR) is 226 cm³/mol. The van der Waals surface area contributed by atoms with E-state index in [4.69, 9.17) is 18.9 Å². The van der Waals surface area contributed by atoms with E-state index in [9.17, 15) is 45.6 Å². The van der Waals surface area contributed by atoms with E-state index in [1.54, 1.807) is 6.08 Å². The maximum atomic E-state index is 13.1. The summed E-state index contributed by atoms with van der Waals surface area (Å²) in [5, 5.41) is 86.3. The van der Waals surface area contributed by atoms with Crippen LogP contribution < -0.4 is 5.32 Å². The van der Waals surface area contributed by atoms with Gasteiger partial charge < -0.3 is 65.1 Å². The number of unbranched alkanes of at least 4 members (excludes halogenated alkanes) is 13. The van der Waals surface area contributed by atoms with E-state index < -0.39 is 86.8 Å². The van der Waals surface area contributed by atoms with Crippen molar-refractivity contribution in [3.63, 3.8) is 0 Å². The molecule has 0 bridgehead atoms. The van der Waals surface area contributed by atoms with Crippen molar-refractivity contribution in [1.29, 1.82) is 0 Å². The molecule has 0 saturated carbocycles. The maximum absolute atomic E-state index is 13.1. The Morgan fingerprint density at radius 1 is 0.610 bits per heavy atom. The Morgan fingerprint density at radius 3 is 1.80 bits per heavy atom. The van der Waals surface area contributed by atoms with Crippen LogP contribution >= 0.6 is 0 Å². The number of rotatable bonds is 32. The van der Waals surface area contributed by atoms with Gasteiger partial charge in [0.25, 0.3) is 0 Å². The molecule has 12 unspecified atom stereocenters. The Labute approximate surface area is 353 Å². The zero-order valence-electron chi connectivity index (χ0n) is 35.7. The number of ether oxygens (including phenoxy) is 4. The minimum absolute atomic E-state index is 0.255. The molecular formula is C45H79NO13. The lowest BCUT2D eigenvalue weighted by Gasteiger charge is -2.46. The highest BCUT2D eigenvalue weighted by Crippen LogP contribution is 2.30. The van der Waals surface area contributed by atoms with Gasteiger partial charge in [0.15, 0.2) is 12.6 Å². The maximum Gasteiger partial charge on any atom is 0.220 e. The first-order valence-electron chi connectivity index (χ1n) is 22.4. The lowest BCUT2D eigenvalue weighted by atomic mass is 9.97. The van der Waals surface area contributed by atoms with Crippen molar-refractivity contribution in [2.24, 2.45) is 0 Å². The van der Waals surface area contributed by atoms with Gasteiger partial charge in [-0.2, -0.15) is 0 Å². The molecule has 2 aliphatic rings. The van der Waals surface area contributed by atoms with Crippen molar-refractivity contribution in [2.45, 2.75) is 209 Å². The van der Waals surface area contributed by atoms with E-state index in [1.165, 1.54) is 38.5 Å². The van der Waals surface area contributed by atoms with Crippen LogP contribution in [0.15, 0.2) is 48.6 Å². The summed E-state index contributed by atoms with van der Waals surface area (Å²) in [6, 6.07) is -0.936. The number of amides is 1. The van der Waals surface area contributed by atoms with Crippen molar-refractivity contribution < 1.29 is 64.6 Å². The second-order valence-corrected chi connectivity index (χ2v) is 15.8. The Balaban J connectivity index is 1.92. The first kappa shape index (κ1) is 53.1. The van der Waals surface area contributed by atoms with Gasteiger partial charge in [-0.05, 0) is 64.2 Å². The average Bonchev–Trinajstić information content (AvgIpc) is 3.23. The highest BCUT2D eigenvalue weighted by molar-refractivity contribution is 5.76. The highest BCUT2D eigenvalue weighted by Gasteiger charge is 2.50. The molecule has 0 aliphatic carbocycles. The van der Waals surface area contributed by atoms with E-state index in [0.717, 1.165) is 64.2 Å². The summed E-state index contributed by atoms with van der Waals surface area (Å²) in [6.07, 6.45) is 18.8. The van der Waals surface area contributed by atoms with Gasteiger partial charge in [0.2, 0.25) is 5.91 Å². The number of carbonyl (C=O) groups excluding carboxylic acids is 1. The third kappa shape index (κ3) is 21.1. The second-order valence-electron chi connectivity index (χ2n) is 15.8. The van der Waals surface area contributed by atoms with Crippen LogP contribution in [0.5, 0.6) is 0 Å². The fraction of sp³-hybridized carbons (Fsp3) is 0.800. The third-order valence-electron chi connectivity index (χ3n) is 10.7. The topological polar surface area (TPSA) is 228 Å². The lowest BCUT2D eigenvalue weighted by molar-refractivity contribution is -0.359. The molecule has 0 spiro atoms. The average molecular weight is 842 g/mol. The van der Waals surface area contributed by atoms with Crippen LogP contribution in [-0.2, 0) is 23.7 Å². The van der Waals surface area contributed by atoms with Crippen molar-refractivity contribution >= 4 is 5.91 Å². The van der Waals surface area contributed by atoms with Crippen molar-refractivity contribution in [1.82, 2.24) is 5.32 Å². The molecule has 2 fully saturated rings. The third-order valence-corrected chi connectivity index (χ3v) is 10.7. The van der Waals surface area contributed by atoms with Gasteiger partial charge in [0.05, 0.1) is 32.0 Å². The van der Waals surface area contributed by atoms with E-state index in [-0.39, 0.29) is 18.9 Å². The smallest absolute Gasteiger partial charge is 0.220 e. The van der Waals surface area contributed by atoms with Gasteiger partial charge in [-0.3, -0.25) is 4.79 Å². The Morgan fingerprint density at radius 2 is 1.14 bits per heavy atom. The Hall–Kier alpha value is -2.05. The Kier molecular flexibility index (Phi) is 29.4. The van der Waals surface area contributed by atoms with E-state index >= 15 is 0 Å². The van der Waals surface area contributed by atoms with E-state index in [1.807, 2.05) is 6.08 Å². The van der Waals surface area contributed by atoms with Crippen LogP contribution in [0.3, 0.4) is 0 Å². The van der Waals surface area contributed by atoms with Crippen molar-refractivity contribution in [2.75, 3.05) is 19.8 Å². The van der Waals surface area contributed by atoms with Gasteiger partial charge in [-0.25, -0.2) is 0 Å². The molecule has 0 radical (unpaired) electrons. The summed E-state index contributed by atoms with van der Waals surface area (Å²) in [5.41, 5.74) is 0. The number of aliphatic hydroxyl groups excluding tert-OH is 8. The largest absolute Gasteiger partial charge is 0.394 e. The minimum Gasteiger partial charge on any atom is -0.394 e. The fourth-order valence-electron chi connectivity index (χ4n) is 6.98. The number of nitrogens with one attached hydrogen (secondary N) is 1.